The van der Waals surface area contributed by atoms with E-state index in [0.717, 1.165) is 11.3 Å². The highest BCUT2D eigenvalue weighted by Gasteiger charge is 2.17. The highest BCUT2D eigenvalue weighted by molar-refractivity contribution is 6.08. The SMILES string of the molecule is CC.N/C(=C\c1cccc(OCC(O)CC(=O)O)c1)C1=CCc2ccccc2NC1=O. The van der Waals surface area contributed by atoms with Crippen molar-refractivity contribution in [3.05, 3.63) is 77.0 Å². The van der Waals surface area contributed by atoms with Gasteiger partial charge in [0.25, 0.3) is 5.91 Å². The summed E-state index contributed by atoms with van der Waals surface area (Å²) in [4.78, 5) is 23.1. The van der Waals surface area contributed by atoms with Gasteiger partial charge in [-0.3, -0.25) is 9.59 Å². The molecule has 2 aromatic carbocycles. The predicted octanol–water partition coefficient (Wildman–Crippen LogP) is 3.35. The van der Waals surface area contributed by atoms with E-state index in [-0.39, 0.29) is 12.5 Å². The molecule has 1 amide bonds. The number of nitrogens with one attached hydrogen (secondary N) is 1. The number of aliphatic hydroxyl groups excluding tert-OH is 1. The summed E-state index contributed by atoms with van der Waals surface area (Å²) in [6.07, 6.45) is 2.57. The maximum absolute atomic E-state index is 12.5. The molecule has 2 aromatic rings. The van der Waals surface area contributed by atoms with Crippen LogP contribution in [0, 0.1) is 0 Å². The average molecular weight is 424 g/mol. The molecule has 3 rings (SSSR count). The van der Waals surface area contributed by atoms with Crippen LogP contribution in [-0.2, 0) is 16.0 Å². The van der Waals surface area contributed by atoms with Crippen LogP contribution in [0.15, 0.2) is 65.9 Å². The van der Waals surface area contributed by atoms with E-state index in [1.165, 1.54) is 0 Å². The minimum absolute atomic E-state index is 0.138. The Morgan fingerprint density at radius 1 is 1.23 bits per heavy atom. The van der Waals surface area contributed by atoms with Crippen molar-refractivity contribution in [2.24, 2.45) is 5.73 Å². The third kappa shape index (κ3) is 7.01. The summed E-state index contributed by atoms with van der Waals surface area (Å²) < 4.78 is 5.44. The first-order chi connectivity index (χ1) is 14.9. The van der Waals surface area contributed by atoms with Crippen molar-refractivity contribution in [1.29, 1.82) is 0 Å². The molecule has 7 nitrogen and oxygen atoms in total. The van der Waals surface area contributed by atoms with E-state index < -0.39 is 18.5 Å². The summed E-state index contributed by atoms with van der Waals surface area (Å²) in [6, 6.07) is 14.5. The second-order valence-electron chi connectivity index (χ2n) is 6.67. The number of ether oxygens (including phenoxy) is 1. The van der Waals surface area contributed by atoms with Gasteiger partial charge in [-0.15, -0.1) is 0 Å². The summed E-state index contributed by atoms with van der Waals surface area (Å²) in [5.41, 5.74) is 9.39. The standard InChI is InChI=1S/C22H22N2O5.C2H6/c23-19(18-9-8-15-5-1-2-7-20(15)24-22(18)28)11-14-4-3-6-17(10-14)29-13-16(25)12-21(26)27;1-2/h1-7,9-11,16,25H,8,12-13,23H2,(H,24,28)(H,26,27);1-2H3/b19-11-;. The van der Waals surface area contributed by atoms with Gasteiger partial charge in [0.15, 0.2) is 0 Å². The van der Waals surface area contributed by atoms with Crippen LogP contribution in [0.4, 0.5) is 5.69 Å². The first-order valence-corrected chi connectivity index (χ1v) is 10.1. The minimum atomic E-state index is -1.10. The minimum Gasteiger partial charge on any atom is -0.491 e. The van der Waals surface area contributed by atoms with Gasteiger partial charge in [0.2, 0.25) is 0 Å². The Morgan fingerprint density at radius 3 is 2.71 bits per heavy atom. The number of rotatable bonds is 7. The lowest BCUT2D eigenvalue weighted by molar-refractivity contribution is -0.139. The Bertz CT molecular complexity index is 981. The lowest BCUT2D eigenvalue weighted by Crippen LogP contribution is -2.21. The molecule has 0 bridgehead atoms. The summed E-state index contributed by atoms with van der Waals surface area (Å²) in [5, 5.41) is 21.1. The number of fused-ring (bicyclic) bond motifs is 1. The lowest BCUT2D eigenvalue weighted by Gasteiger charge is -2.11. The molecular formula is C24H28N2O5. The number of carboxylic acids is 1. The Morgan fingerprint density at radius 2 is 1.97 bits per heavy atom. The topological polar surface area (TPSA) is 122 Å². The van der Waals surface area contributed by atoms with Crippen LogP contribution in [0.5, 0.6) is 5.75 Å². The number of nitrogens with two attached hydrogens (primary N) is 1. The van der Waals surface area contributed by atoms with Crippen molar-refractivity contribution in [2.75, 3.05) is 11.9 Å². The lowest BCUT2D eigenvalue weighted by atomic mass is 10.1. The summed E-state index contributed by atoms with van der Waals surface area (Å²) in [7, 11) is 0. The molecule has 0 fully saturated rings. The van der Waals surface area contributed by atoms with E-state index in [1.54, 1.807) is 36.4 Å². The number of hydrogen-bond acceptors (Lipinski definition) is 5. The molecule has 1 unspecified atom stereocenters. The number of aliphatic carboxylic acids is 1. The number of allylic oxidation sites excluding steroid dienone is 1. The number of carbonyl (C=O) groups excluding carboxylic acids is 1. The number of amides is 1. The van der Waals surface area contributed by atoms with Crippen LogP contribution >= 0.6 is 0 Å². The first kappa shape index (κ1) is 23.7. The zero-order valence-electron chi connectivity index (χ0n) is 17.7. The fourth-order valence-corrected chi connectivity index (χ4v) is 2.97. The van der Waals surface area contributed by atoms with E-state index in [1.807, 2.05) is 38.1 Å². The van der Waals surface area contributed by atoms with Gasteiger partial charge in [0.05, 0.1) is 18.1 Å². The molecule has 1 aliphatic rings. The van der Waals surface area contributed by atoms with Gasteiger partial charge in [-0.05, 0) is 41.8 Å². The smallest absolute Gasteiger partial charge is 0.306 e. The average Bonchev–Trinajstić information content (AvgIpc) is 2.91. The van der Waals surface area contributed by atoms with Crippen LogP contribution in [-0.4, -0.2) is 34.8 Å². The molecule has 1 aliphatic heterocycles. The van der Waals surface area contributed by atoms with Gasteiger partial charge in [0, 0.05) is 11.4 Å². The zero-order chi connectivity index (χ0) is 22.8. The van der Waals surface area contributed by atoms with Crippen LogP contribution < -0.4 is 15.8 Å². The summed E-state index contributed by atoms with van der Waals surface area (Å²) in [6.45, 7) is 3.86. The number of benzene rings is 2. The molecule has 0 saturated carbocycles. The van der Waals surface area contributed by atoms with Gasteiger partial charge in [-0.1, -0.05) is 50.3 Å². The Labute approximate surface area is 181 Å². The Balaban J connectivity index is 0.00000166. The molecule has 0 spiro atoms. The van der Waals surface area contributed by atoms with Crippen molar-refractivity contribution >= 4 is 23.6 Å². The van der Waals surface area contributed by atoms with E-state index in [0.29, 0.717) is 29.0 Å². The molecule has 0 aliphatic carbocycles. The van der Waals surface area contributed by atoms with E-state index in [4.69, 9.17) is 15.6 Å². The molecule has 164 valence electrons. The Kier molecular flexibility index (Phi) is 8.84. The van der Waals surface area contributed by atoms with Crippen LogP contribution in [0.2, 0.25) is 0 Å². The van der Waals surface area contributed by atoms with E-state index in [9.17, 15) is 14.7 Å². The molecule has 0 radical (unpaired) electrons. The number of carboxylic acid groups (broad SMARTS) is 1. The Hall–Kier alpha value is -3.58. The van der Waals surface area contributed by atoms with Crippen LogP contribution in [0.1, 0.15) is 31.4 Å². The fraction of sp³-hybridized carbons (Fsp3) is 0.250. The van der Waals surface area contributed by atoms with Crippen molar-refractivity contribution in [2.45, 2.75) is 32.8 Å². The number of carbonyl (C=O) groups is 2. The molecule has 5 N–H and O–H groups in total. The van der Waals surface area contributed by atoms with Gasteiger partial charge < -0.3 is 26.0 Å². The predicted molar refractivity (Wildman–Crippen MR) is 121 cm³/mol. The van der Waals surface area contributed by atoms with Gasteiger partial charge in [0.1, 0.15) is 12.4 Å². The fourth-order valence-electron chi connectivity index (χ4n) is 2.97. The third-order valence-electron chi connectivity index (χ3n) is 4.38. The monoisotopic (exact) mass is 424 g/mol. The molecule has 31 heavy (non-hydrogen) atoms. The highest BCUT2D eigenvalue weighted by atomic mass is 16.5. The van der Waals surface area contributed by atoms with E-state index >= 15 is 0 Å². The zero-order valence-corrected chi connectivity index (χ0v) is 17.7. The molecule has 1 atom stereocenters. The summed E-state index contributed by atoms with van der Waals surface area (Å²) in [5.74, 6) is -0.904. The van der Waals surface area contributed by atoms with Gasteiger partial charge >= 0.3 is 5.97 Å². The molecule has 0 saturated heterocycles. The van der Waals surface area contributed by atoms with Crippen molar-refractivity contribution in [1.82, 2.24) is 0 Å². The molecule has 7 heteroatoms. The maximum atomic E-state index is 12.5. The van der Waals surface area contributed by atoms with Crippen LogP contribution in [0.25, 0.3) is 6.08 Å². The van der Waals surface area contributed by atoms with Crippen LogP contribution in [0.3, 0.4) is 0 Å². The second-order valence-corrected chi connectivity index (χ2v) is 6.67. The van der Waals surface area contributed by atoms with Gasteiger partial charge in [-0.25, -0.2) is 0 Å². The van der Waals surface area contributed by atoms with Crippen molar-refractivity contribution in [3.63, 3.8) is 0 Å². The van der Waals surface area contributed by atoms with E-state index in [2.05, 4.69) is 5.32 Å². The molecule has 0 aromatic heterocycles. The summed E-state index contributed by atoms with van der Waals surface area (Å²) >= 11 is 0. The van der Waals surface area contributed by atoms with Crippen molar-refractivity contribution < 1.29 is 24.5 Å². The number of para-hydroxylation sites is 1. The largest absolute Gasteiger partial charge is 0.491 e. The highest BCUT2D eigenvalue weighted by Crippen LogP contribution is 2.24. The number of aliphatic hydroxyl groups is 1. The third-order valence-corrected chi connectivity index (χ3v) is 4.38. The normalized spacial score (nSPS) is 14.1. The van der Waals surface area contributed by atoms with Crippen molar-refractivity contribution in [3.8, 4) is 5.75 Å². The quantitative estimate of drug-likeness (QED) is 0.541. The number of anilines is 1. The molecule has 1 heterocycles. The molecular weight excluding hydrogens is 396 g/mol. The maximum Gasteiger partial charge on any atom is 0.306 e. The second kappa shape index (κ2) is 11.6. The van der Waals surface area contributed by atoms with Gasteiger partial charge in [-0.2, -0.15) is 0 Å². The first-order valence-electron chi connectivity index (χ1n) is 10.1. The number of hydrogen-bond donors (Lipinski definition) is 4.